The fraction of sp³-hybridized carbons (Fsp3) is 0.296. The molecule has 0 saturated heterocycles. The van der Waals surface area contributed by atoms with Crippen molar-refractivity contribution in [1.29, 1.82) is 0 Å². The number of hydrogen-bond donors (Lipinski definition) is 1. The lowest BCUT2D eigenvalue weighted by Crippen LogP contribution is -2.33. The highest BCUT2D eigenvalue weighted by Crippen LogP contribution is 2.37. The van der Waals surface area contributed by atoms with Crippen LogP contribution in [0.3, 0.4) is 0 Å². The first-order chi connectivity index (χ1) is 17.6. The van der Waals surface area contributed by atoms with Gasteiger partial charge in [0, 0.05) is 6.07 Å². The molecule has 1 amide bonds. The topological polar surface area (TPSA) is 103 Å². The van der Waals surface area contributed by atoms with Crippen LogP contribution in [0.4, 0.5) is 5.69 Å². The van der Waals surface area contributed by atoms with Crippen molar-refractivity contribution < 1.29 is 32.2 Å². The van der Waals surface area contributed by atoms with Crippen LogP contribution in [0.25, 0.3) is 0 Å². The monoisotopic (exact) mass is 528 g/mol. The number of methoxy groups -OCH3 is 4. The minimum atomic E-state index is -3.79. The lowest BCUT2D eigenvalue weighted by molar-refractivity contribution is 0.0940. The Labute approximate surface area is 218 Å². The second kappa shape index (κ2) is 11.9. The van der Waals surface area contributed by atoms with Crippen LogP contribution in [0.2, 0.25) is 0 Å². The molecule has 9 nitrogen and oxygen atoms in total. The number of carbonyl (C=O) groups is 1. The summed E-state index contributed by atoms with van der Waals surface area (Å²) >= 11 is 0. The third-order valence-electron chi connectivity index (χ3n) is 5.84. The summed E-state index contributed by atoms with van der Waals surface area (Å²) in [7, 11) is 2.19. The molecule has 0 fully saturated rings. The molecule has 0 heterocycles. The third-order valence-corrected chi connectivity index (χ3v) is 6.97. The maximum absolute atomic E-state index is 13.6. The summed E-state index contributed by atoms with van der Waals surface area (Å²) in [4.78, 5) is 13.6. The number of sulfonamides is 1. The maximum atomic E-state index is 13.6. The first-order valence-electron chi connectivity index (χ1n) is 11.4. The maximum Gasteiger partial charge on any atom is 0.254 e. The molecule has 3 rings (SSSR count). The molecule has 3 aromatic rings. The molecular weight excluding hydrogens is 496 g/mol. The molecule has 0 aliphatic heterocycles. The van der Waals surface area contributed by atoms with Gasteiger partial charge >= 0.3 is 0 Å². The van der Waals surface area contributed by atoms with Gasteiger partial charge in [-0.05, 0) is 36.2 Å². The average molecular weight is 529 g/mol. The average Bonchev–Trinajstić information content (AvgIpc) is 2.90. The number of ether oxygens (including phenoxy) is 4. The predicted octanol–water partition coefficient (Wildman–Crippen LogP) is 4.18. The van der Waals surface area contributed by atoms with E-state index in [-0.39, 0.29) is 17.8 Å². The number of rotatable bonds is 11. The summed E-state index contributed by atoms with van der Waals surface area (Å²) in [5.41, 5.74) is 1.82. The lowest BCUT2D eigenvalue weighted by Gasteiger charge is -2.26. The summed E-state index contributed by atoms with van der Waals surface area (Å²) in [5, 5.41) is 2.95. The predicted molar refractivity (Wildman–Crippen MR) is 142 cm³/mol. The number of amides is 1. The fourth-order valence-electron chi connectivity index (χ4n) is 3.87. The van der Waals surface area contributed by atoms with Crippen molar-refractivity contribution in [3.63, 3.8) is 0 Å². The molecule has 1 N–H and O–H groups in total. The fourth-order valence-corrected chi connectivity index (χ4v) is 4.76. The van der Waals surface area contributed by atoms with Gasteiger partial charge in [0.2, 0.25) is 10.0 Å². The van der Waals surface area contributed by atoms with Crippen LogP contribution >= 0.6 is 0 Å². The highest BCUT2D eigenvalue weighted by Gasteiger charge is 2.27. The molecule has 0 spiro atoms. The Morgan fingerprint density at radius 1 is 0.838 bits per heavy atom. The molecule has 0 aliphatic carbocycles. The highest BCUT2D eigenvalue weighted by molar-refractivity contribution is 7.92. The van der Waals surface area contributed by atoms with E-state index in [0.29, 0.717) is 23.0 Å². The smallest absolute Gasteiger partial charge is 0.254 e. The summed E-state index contributed by atoms with van der Waals surface area (Å²) in [6.07, 6.45) is 1.10. The van der Waals surface area contributed by atoms with E-state index < -0.39 is 22.0 Å². The highest BCUT2D eigenvalue weighted by atomic mass is 32.2. The van der Waals surface area contributed by atoms with Crippen molar-refractivity contribution in [2.24, 2.45) is 0 Å². The Balaban J connectivity index is 2.06. The Kier molecular flexibility index (Phi) is 8.88. The van der Waals surface area contributed by atoms with Crippen LogP contribution in [0, 0.1) is 0 Å². The molecule has 3 aromatic carbocycles. The van der Waals surface area contributed by atoms with E-state index in [1.54, 1.807) is 19.2 Å². The van der Waals surface area contributed by atoms with Crippen LogP contribution < -0.4 is 28.6 Å². The molecule has 198 valence electrons. The van der Waals surface area contributed by atoms with Gasteiger partial charge in [0.05, 0.1) is 58.5 Å². The van der Waals surface area contributed by atoms with E-state index in [4.69, 9.17) is 18.9 Å². The summed E-state index contributed by atoms with van der Waals surface area (Å²) in [6, 6.07) is 17.0. The number of hydrogen-bond acceptors (Lipinski definition) is 7. The number of nitrogens with one attached hydrogen (secondary N) is 1. The Hall–Kier alpha value is -3.92. The van der Waals surface area contributed by atoms with Gasteiger partial charge < -0.3 is 24.3 Å². The zero-order valence-electron chi connectivity index (χ0n) is 21.8. The summed E-state index contributed by atoms with van der Waals surface area (Å²) in [5.74, 6) is 1.20. The Morgan fingerprint density at radius 3 is 1.97 bits per heavy atom. The van der Waals surface area contributed by atoms with Crippen LogP contribution in [0.1, 0.15) is 34.5 Å². The second-order valence-corrected chi connectivity index (χ2v) is 10.2. The van der Waals surface area contributed by atoms with E-state index in [2.05, 4.69) is 5.32 Å². The molecule has 0 radical (unpaired) electrons. The number of nitrogens with zero attached hydrogens (tertiary/aromatic N) is 1. The normalized spacial score (nSPS) is 11.8. The largest absolute Gasteiger partial charge is 0.493 e. The Morgan fingerprint density at radius 2 is 1.41 bits per heavy atom. The third kappa shape index (κ3) is 6.45. The SMILES string of the molecule is COc1ccc([C@H](C)NC(=O)c2cc(OC)c(OC)cc2N(Cc2ccccc2)S(C)(=O)=O)cc1OC. The van der Waals surface area contributed by atoms with Gasteiger partial charge in [-0.3, -0.25) is 9.10 Å². The minimum Gasteiger partial charge on any atom is -0.493 e. The summed E-state index contributed by atoms with van der Waals surface area (Å²) in [6.45, 7) is 1.85. The van der Waals surface area contributed by atoms with Crippen molar-refractivity contribution in [2.75, 3.05) is 39.0 Å². The summed E-state index contributed by atoms with van der Waals surface area (Å²) < 4.78 is 48.5. The van der Waals surface area contributed by atoms with E-state index in [0.717, 1.165) is 17.4 Å². The zero-order valence-corrected chi connectivity index (χ0v) is 22.6. The lowest BCUT2D eigenvalue weighted by atomic mass is 10.1. The molecular formula is C27H32N2O7S. The van der Waals surface area contributed by atoms with Crippen LogP contribution in [0.15, 0.2) is 60.7 Å². The van der Waals surface area contributed by atoms with Crippen molar-refractivity contribution in [3.05, 3.63) is 77.4 Å². The van der Waals surface area contributed by atoms with E-state index >= 15 is 0 Å². The molecule has 0 aromatic heterocycles. The van der Waals surface area contributed by atoms with Gasteiger partial charge in [-0.2, -0.15) is 0 Å². The van der Waals surface area contributed by atoms with Gasteiger partial charge in [-0.25, -0.2) is 8.42 Å². The first-order valence-corrected chi connectivity index (χ1v) is 13.3. The van der Waals surface area contributed by atoms with E-state index in [1.165, 1.54) is 37.8 Å². The van der Waals surface area contributed by atoms with Gasteiger partial charge in [-0.1, -0.05) is 36.4 Å². The quantitative estimate of drug-likeness (QED) is 0.398. The standard InChI is InChI=1S/C27H32N2O7S/c1-18(20-12-13-23(33-2)24(14-20)34-3)28-27(30)21-15-25(35-4)26(36-5)16-22(21)29(37(6,31)32)17-19-10-8-7-9-11-19/h7-16,18H,17H2,1-6H3,(H,28,30)/t18-/m0/s1. The number of carbonyl (C=O) groups excluding carboxylic acids is 1. The first kappa shape index (κ1) is 27.7. The van der Waals surface area contributed by atoms with Gasteiger partial charge in [0.15, 0.2) is 23.0 Å². The van der Waals surface area contributed by atoms with Gasteiger partial charge in [-0.15, -0.1) is 0 Å². The second-order valence-electron chi connectivity index (χ2n) is 8.29. The van der Waals surface area contributed by atoms with Crippen LogP contribution in [-0.2, 0) is 16.6 Å². The molecule has 0 aliphatic rings. The molecule has 0 bridgehead atoms. The minimum absolute atomic E-state index is 0.0284. The Bertz CT molecular complexity index is 1340. The van der Waals surface area contributed by atoms with Gasteiger partial charge in [0.25, 0.3) is 5.91 Å². The van der Waals surface area contributed by atoms with Crippen LogP contribution in [0.5, 0.6) is 23.0 Å². The van der Waals surface area contributed by atoms with Crippen molar-refractivity contribution >= 4 is 21.6 Å². The molecule has 37 heavy (non-hydrogen) atoms. The van der Waals surface area contributed by atoms with Gasteiger partial charge in [0.1, 0.15) is 0 Å². The van der Waals surface area contributed by atoms with Crippen molar-refractivity contribution in [1.82, 2.24) is 5.32 Å². The molecule has 1 atom stereocenters. The van der Waals surface area contributed by atoms with Crippen molar-refractivity contribution in [3.8, 4) is 23.0 Å². The van der Waals surface area contributed by atoms with E-state index in [1.807, 2.05) is 43.3 Å². The van der Waals surface area contributed by atoms with Crippen molar-refractivity contribution in [2.45, 2.75) is 19.5 Å². The number of benzene rings is 3. The molecule has 0 unspecified atom stereocenters. The van der Waals surface area contributed by atoms with E-state index in [9.17, 15) is 13.2 Å². The molecule has 0 saturated carbocycles. The molecule has 10 heteroatoms. The number of anilines is 1. The zero-order chi connectivity index (χ0) is 27.2. The van der Waals surface area contributed by atoms with Crippen LogP contribution in [-0.4, -0.2) is 49.0 Å².